The number of benzene rings is 3. The van der Waals surface area contributed by atoms with Crippen molar-refractivity contribution in [2.75, 3.05) is 43.4 Å². The standard InChI is InChI=1S/C40H40ClF3N6O3S2/c1-39(2)13-11-27(33(22-39)25-3-5-28(41)6-4-25)24-49-15-17-50(18-16-49)29-7-9-32(35(20-29)53-30-19-26-12-14-46-37(26)47-23-30)38(51)48-54-31-8-10-34(45)36(21-31)55(52)40(42,43)44/h3-10,12,14,19-21,23H,11,13,15-18,22,24,45H2,1-2H3,(H,46,47)(H,48,51). The number of hydrogen-bond acceptors (Lipinski definition) is 8. The largest absolute Gasteiger partial charge is 0.475 e. The van der Waals surface area contributed by atoms with Crippen LogP contribution in [0.15, 0.2) is 101 Å². The van der Waals surface area contributed by atoms with Crippen LogP contribution in [0.4, 0.5) is 24.5 Å². The fourth-order valence-corrected chi connectivity index (χ4v) is 8.60. The van der Waals surface area contributed by atoms with E-state index < -0.39 is 27.1 Å². The van der Waals surface area contributed by atoms with Gasteiger partial charge in [-0.15, -0.1) is 0 Å². The van der Waals surface area contributed by atoms with Gasteiger partial charge in [0.25, 0.3) is 5.91 Å². The number of halogens is 4. The molecule has 2 aromatic heterocycles. The summed E-state index contributed by atoms with van der Waals surface area (Å²) in [7, 11) is -3.32. The number of anilines is 2. The Hall–Kier alpha value is -4.50. The van der Waals surface area contributed by atoms with E-state index in [-0.39, 0.29) is 27.3 Å². The number of piperazine rings is 1. The van der Waals surface area contributed by atoms with E-state index in [4.69, 9.17) is 22.1 Å². The summed E-state index contributed by atoms with van der Waals surface area (Å²) >= 11 is 7.00. The summed E-state index contributed by atoms with van der Waals surface area (Å²) in [5.41, 5.74) is 6.61. The number of hydrogen-bond donors (Lipinski definition) is 3. The minimum absolute atomic E-state index is 0.209. The van der Waals surface area contributed by atoms with Crippen molar-refractivity contribution in [3.8, 4) is 11.5 Å². The number of nitrogens with two attached hydrogens (primary N) is 1. The maximum atomic E-state index is 13.6. The van der Waals surface area contributed by atoms with Crippen molar-refractivity contribution in [3.63, 3.8) is 0 Å². The Labute approximate surface area is 329 Å². The summed E-state index contributed by atoms with van der Waals surface area (Å²) in [5.74, 6) is 0.172. The molecule has 0 saturated carbocycles. The second kappa shape index (κ2) is 15.9. The van der Waals surface area contributed by atoms with Gasteiger partial charge < -0.3 is 20.4 Å². The number of nitrogens with zero attached hydrogens (tertiary/aromatic N) is 3. The van der Waals surface area contributed by atoms with Gasteiger partial charge in [-0.2, -0.15) is 13.2 Å². The molecule has 0 bridgehead atoms. The third kappa shape index (κ3) is 9.15. The second-order valence-corrected chi connectivity index (χ2v) is 17.3. The SMILES string of the molecule is CC1(C)CCC(CN2CCN(c3ccc(C(=O)NSc4ccc(N)c(S(=O)C(F)(F)F)c4)c(Oc4cnc5[nH]ccc5c4)c3)CC2)=C(c2ccc(Cl)cc2)C1. The highest BCUT2D eigenvalue weighted by atomic mass is 35.5. The molecule has 1 atom stereocenters. The molecule has 7 rings (SSSR count). The highest BCUT2D eigenvalue weighted by Crippen LogP contribution is 2.43. The Balaban J connectivity index is 1.08. The van der Waals surface area contributed by atoms with Gasteiger partial charge in [0.2, 0.25) is 0 Å². The lowest BCUT2D eigenvalue weighted by Gasteiger charge is -2.39. The van der Waals surface area contributed by atoms with Crippen molar-refractivity contribution < 1.29 is 26.9 Å². The van der Waals surface area contributed by atoms with E-state index in [0.717, 1.165) is 86.1 Å². The summed E-state index contributed by atoms with van der Waals surface area (Å²) in [6.45, 7) is 8.82. The van der Waals surface area contributed by atoms with Gasteiger partial charge in [0, 0.05) is 71.7 Å². The van der Waals surface area contributed by atoms with Crippen molar-refractivity contribution in [2.45, 2.75) is 48.4 Å². The third-order valence-electron chi connectivity index (χ3n) is 10.00. The molecule has 2 aliphatic rings. The highest BCUT2D eigenvalue weighted by Gasteiger charge is 2.39. The number of aromatic amines is 1. The average molecular weight is 809 g/mol. The molecule has 0 radical (unpaired) electrons. The molecule has 1 saturated heterocycles. The second-order valence-electron chi connectivity index (χ2n) is 14.5. The Bertz CT molecular complexity index is 2270. The number of carbonyl (C=O) groups excluding carboxylic acids is 1. The molecule has 5 aromatic rings. The Morgan fingerprint density at radius 1 is 1.05 bits per heavy atom. The molecule has 0 spiro atoms. The van der Waals surface area contributed by atoms with Crippen LogP contribution in [0.2, 0.25) is 5.02 Å². The lowest BCUT2D eigenvalue weighted by Crippen LogP contribution is -2.47. The van der Waals surface area contributed by atoms with Gasteiger partial charge in [0.05, 0.1) is 16.7 Å². The summed E-state index contributed by atoms with van der Waals surface area (Å²) in [6.07, 6.45) is 6.57. The fourth-order valence-electron chi connectivity index (χ4n) is 7.00. The van der Waals surface area contributed by atoms with Gasteiger partial charge in [-0.05, 0) is 102 Å². The first-order valence-electron chi connectivity index (χ1n) is 17.8. The molecule has 15 heteroatoms. The summed E-state index contributed by atoms with van der Waals surface area (Å²) in [6, 6.07) is 21.0. The zero-order chi connectivity index (χ0) is 38.9. The third-order valence-corrected chi connectivity index (χ3v) is 12.2. The van der Waals surface area contributed by atoms with Crippen molar-refractivity contribution >= 4 is 68.2 Å². The minimum Gasteiger partial charge on any atom is -0.455 e. The van der Waals surface area contributed by atoms with Crippen LogP contribution in [0.1, 0.15) is 49.0 Å². The molecule has 1 fully saturated rings. The van der Waals surface area contributed by atoms with E-state index in [2.05, 4.69) is 50.5 Å². The lowest BCUT2D eigenvalue weighted by molar-refractivity contribution is -0.0384. The Morgan fingerprint density at radius 2 is 1.82 bits per heavy atom. The van der Waals surface area contributed by atoms with Gasteiger partial charge >= 0.3 is 5.51 Å². The first kappa shape index (κ1) is 38.8. The number of aromatic nitrogens is 2. The minimum atomic E-state index is -4.98. The molecule has 1 amide bonds. The maximum Gasteiger partial charge on any atom is 0.475 e. The molecular weight excluding hydrogens is 769 g/mol. The average Bonchev–Trinajstić information content (AvgIpc) is 3.63. The van der Waals surface area contributed by atoms with Crippen molar-refractivity contribution in [2.24, 2.45) is 5.41 Å². The van der Waals surface area contributed by atoms with Crippen molar-refractivity contribution in [1.29, 1.82) is 0 Å². The monoisotopic (exact) mass is 808 g/mol. The van der Waals surface area contributed by atoms with E-state index in [1.165, 1.54) is 28.8 Å². The predicted octanol–water partition coefficient (Wildman–Crippen LogP) is 9.44. The van der Waals surface area contributed by atoms with Crippen LogP contribution in [0.5, 0.6) is 11.5 Å². The zero-order valence-corrected chi connectivity index (χ0v) is 32.6. The number of alkyl halides is 3. The van der Waals surface area contributed by atoms with Gasteiger partial charge in [0.15, 0.2) is 10.8 Å². The Morgan fingerprint density at radius 3 is 2.56 bits per heavy atom. The van der Waals surface area contributed by atoms with Gasteiger partial charge in [-0.25, -0.2) is 9.19 Å². The summed E-state index contributed by atoms with van der Waals surface area (Å²) < 4.78 is 60.6. The van der Waals surface area contributed by atoms with E-state index >= 15 is 0 Å². The zero-order valence-electron chi connectivity index (χ0n) is 30.2. The quantitative estimate of drug-likeness (QED) is 0.0945. The summed E-state index contributed by atoms with van der Waals surface area (Å²) in [5, 5.41) is 1.56. The summed E-state index contributed by atoms with van der Waals surface area (Å²) in [4.78, 5) is 25.5. The number of carbonyl (C=O) groups is 1. The molecule has 3 aromatic carbocycles. The van der Waals surface area contributed by atoms with E-state index in [9.17, 15) is 22.2 Å². The van der Waals surface area contributed by atoms with Crippen LogP contribution in [0.25, 0.3) is 16.6 Å². The van der Waals surface area contributed by atoms with Gasteiger partial charge in [-0.3, -0.25) is 14.4 Å². The smallest absolute Gasteiger partial charge is 0.455 e. The molecule has 3 heterocycles. The number of H-pyrrole nitrogens is 1. The molecule has 55 heavy (non-hydrogen) atoms. The fraction of sp³-hybridized carbons (Fsp3) is 0.300. The van der Waals surface area contributed by atoms with Gasteiger partial charge in [0.1, 0.15) is 17.1 Å². The van der Waals surface area contributed by atoms with Crippen molar-refractivity contribution in [1.82, 2.24) is 19.6 Å². The maximum absolute atomic E-state index is 13.6. The number of allylic oxidation sites excluding steroid dienone is 1. The van der Waals surface area contributed by atoms with Crippen LogP contribution in [-0.2, 0) is 10.8 Å². The number of amides is 1. The van der Waals surface area contributed by atoms with Crippen molar-refractivity contribution in [3.05, 3.63) is 107 Å². The van der Waals surface area contributed by atoms with Crippen LogP contribution >= 0.6 is 23.5 Å². The van der Waals surface area contributed by atoms with Gasteiger partial charge in [-0.1, -0.05) is 43.2 Å². The normalized spacial score (nSPS) is 17.0. The molecule has 1 aliphatic heterocycles. The van der Waals surface area contributed by atoms with E-state index in [1.807, 2.05) is 36.4 Å². The highest BCUT2D eigenvalue weighted by molar-refractivity contribution is 7.98. The molecular formula is C40H40ClF3N6O3S2. The van der Waals surface area contributed by atoms with E-state index in [1.54, 1.807) is 18.5 Å². The molecule has 1 aliphatic carbocycles. The molecule has 288 valence electrons. The molecule has 4 N–H and O–H groups in total. The molecule has 9 nitrogen and oxygen atoms in total. The predicted molar refractivity (Wildman–Crippen MR) is 214 cm³/mol. The first-order valence-corrected chi connectivity index (χ1v) is 20.1. The Kier molecular flexibility index (Phi) is 11.2. The number of rotatable bonds is 10. The number of nitrogen functional groups attached to an aromatic ring is 1. The van der Waals surface area contributed by atoms with Crippen LogP contribution in [0.3, 0.4) is 0 Å². The number of ether oxygens (including phenoxy) is 1. The van der Waals surface area contributed by atoms with Crippen LogP contribution < -0.4 is 20.1 Å². The number of fused-ring (bicyclic) bond motifs is 1. The van der Waals surface area contributed by atoms with Crippen LogP contribution in [-0.4, -0.2) is 63.2 Å². The van der Waals surface area contributed by atoms with E-state index in [0.29, 0.717) is 11.4 Å². The molecule has 1 unspecified atom stereocenters. The first-order chi connectivity index (χ1) is 26.2. The number of pyridine rings is 1. The topological polar surface area (TPSA) is 117 Å². The number of nitrogens with one attached hydrogen (secondary N) is 2. The lowest BCUT2D eigenvalue weighted by atomic mass is 9.72. The van der Waals surface area contributed by atoms with Crippen LogP contribution in [0, 0.1) is 5.41 Å².